The van der Waals surface area contributed by atoms with Crippen LogP contribution in [0.25, 0.3) is 11.2 Å². The van der Waals surface area contributed by atoms with E-state index in [2.05, 4.69) is 19.7 Å². The van der Waals surface area contributed by atoms with E-state index in [-0.39, 0.29) is 30.4 Å². The first-order valence-electron chi connectivity index (χ1n) is 10.3. The highest BCUT2D eigenvalue weighted by atomic mass is 16.6. The van der Waals surface area contributed by atoms with E-state index in [1.807, 2.05) is 0 Å². The number of nitrogen functional groups attached to an aromatic ring is 1. The number of nitrogens with zero attached hydrogens (tertiary/aromatic N) is 3. The van der Waals surface area contributed by atoms with Crippen molar-refractivity contribution in [2.45, 2.75) is 26.5 Å². The van der Waals surface area contributed by atoms with E-state index < -0.39 is 43.8 Å². The molecule has 0 saturated heterocycles. The minimum Gasteiger partial charge on any atom is -0.462 e. The summed E-state index contributed by atoms with van der Waals surface area (Å²) in [6.45, 7) is -8.17. The summed E-state index contributed by atoms with van der Waals surface area (Å²) < 4.78 is 70.8. The van der Waals surface area contributed by atoms with Crippen molar-refractivity contribution in [1.29, 1.82) is 0 Å². The van der Waals surface area contributed by atoms with E-state index in [0.717, 1.165) is 0 Å². The van der Waals surface area contributed by atoms with Crippen molar-refractivity contribution in [2.24, 2.45) is 11.6 Å². The van der Waals surface area contributed by atoms with Gasteiger partial charge >= 0.3 is 5.97 Å². The van der Waals surface area contributed by atoms with E-state index in [1.54, 1.807) is 0 Å². The number of esters is 1. The quantitative estimate of drug-likeness (QED) is 0.440. The van der Waals surface area contributed by atoms with Gasteiger partial charge in [-0.2, -0.15) is 4.98 Å². The molecule has 2 aromatic heterocycles. The van der Waals surface area contributed by atoms with Gasteiger partial charge in [-0.1, -0.05) is 13.7 Å². The lowest BCUT2D eigenvalue weighted by molar-refractivity contribution is -0.148. The maximum Gasteiger partial charge on any atom is 0.323 e. The number of aromatic amines is 1. The summed E-state index contributed by atoms with van der Waals surface area (Å²) in [5.41, 5.74) is 10.5. The molecule has 0 aliphatic carbocycles. The third kappa shape index (κ3) is 4.05. The molecule has 2 heterocycles. The van der Waals surface area contributed by atoms with Crippen LogP contribution in [0.15, 0.2) is 11.1 Å². The number of ether oxygens (including phenoxy) is 2. The molecule has 23 heavy (non-hydrogen) atoms. The fraction of sp³-hybridized carbons (Fsp3) is 0.538. The smallest absolute Gasteiger partial charge is 0.323 e. The van der Waals surface area contributed by atoms with Crippen molar-refractivity contribution >= 4 is 23.1 Å². The van der Waals surface area contributed by atoms with Gasteiger partial charge in [-0.15, -0.1) is 0 Å². The van der Waals surface area contributed by atoms with E-state index in [0.29, 0.717) is 0 Å². The van der Waals surface area contributed by atoms with Gasteiger partial charge < -0.3 is 20.9 Å². The lowest BCUT2D eigenvalue weighted by Gasteiger charge is -2.14. The largest absolute Gasteiger partial charge is 0.462 e. The Kier molecular flexibility index (Phi) is 2.81. The molecule has 10 nitrogen and oxygen atoms in total. The molecular formula is C13H20N6O4. The minimum absolute atomic E-state index is 0.0208. The number of hydrogen-bond donors (Lipinski definition) is 3. The van der Waals surface area contributed by atoms with Crippen LogP contribution in [0.4, 0.5) is 5.95 Å². The minimum atomic E-state index is -3.64. The number of H-pyrrole nitrogens is 1. The van der Waals surface area contributed by atoms with Crippen molar-refractivity contribution in [3.63, 3.8) is 0 Å². The number of carbonyl (C=O) groups excluding carboxylic acids is 1. The number of fused-ring (bicyclic) bond motifs is 1. The van der Waals surface area contributed by atoms with Crippen molar-refractivity contribution in [3.05, 3.63) is 16.7 Å². The molecule has 0 aliphatic rings. The molecule has 2 rings (SSSR count). The first kappa shape index (κ1) is 8.99. The number of anilines is 1. The highest BCUT2D eigenvalue weighted by molar-refractivity contribution is 5.75. The lowest BCUT2D eigenvalue weighted by Crippen LogP contribution is -2.37. The van der Waals surface area contributed by atoms with Gasteiger partial charge in [0.2, 0.25) is 5.95 Å². The number of carbonyl (C=O) groups is 1. The molecule has 1 atom stereocenters. The van der Waals surface area contributed by atoms with Crippen LogP contribution in [0.2, 0.25) is 0 Å². The molecule has 0 unspecified atom stereocenters. The van der Waals surface area contributed by atoms with E-state index in [4.69, 9.17) is 27.2 Å². The maximum absolute atomic E-state index is 12.2. The average molecular weight is 332 g/mol. The van der Waals surface area contributed by atoms with E-state index in [9.17, 15) is 9.59 Å². The summed E-state index contributed by atoms with van der Waals surface area (Å²) in [4.78, 5) is 33.9. The number of aromatic nitrogens is 4. The monoisotopic (exact) mass is 332 g/mol. The first-order valence-corrected chi connectivity index (χ1v) is 6.28. The zero-order chi connectivity index (χ0) is 23.8. The highest BCUT2D eigenvalue weighted by Crippen LogP contribution is 2.06. The fourth-order valence-electron chi connectivity index (χ4n) is 1.60. The van der Waals surface area contributed by atoms with Gasteiger partial charge in [-0.3, -0.25) is 19.1 Å². The van der Waals surface area contributed by atoms with Crippen molar-refractivity contribution in [3.8, 4) is 0 Å². The maximum atomic E-state index is 12.2. The molecule has 10 heteroatoms. The lowest BCUT2D eigenvalue weighted by atomic mass is 10.1. The van der Waals surface area contributed by atoms with Gasteiger partial charge in [0.25, 0.3) is 5.56 Å². The Morgan fingerprint density at radius 2 is 2.35 bits per heavy atom. The fourth-order valence-corrected chi connectivity index (χ4v) is 1.60. The molecule has 0 radical (unpaired) electrons. The molecule has 2 aromatic rings. The molecule has 0 aromatic carbocycles. The van der Waals surface area contributed by atoms with Gasteiger partial charge in [-0.05, 0) is 5.89 Å². The Morgan fingerprint density at radius 3 is 3.09 bits per heavy atom. The van der Waals surface area contributed by atoms with Gasteiger partial charge in [0.15, 0.2) is 11.2 Å². The summed E-state index contributed by atoms with van der Waals surface area (Å²) in [5, 5.41) is 0. The van der Waals surface area contributed by atoms with Crippen LogP contribution in [-0.4, -0.2) is 44.7 Å². The predicted octanol–water partition coefficient (Wildman–Crippen LogP) is -0.798. The SMILES string of the molecule is [2H]C([2H])([2H])C([2H])(C([2H])([2H])[2H])[C@]([2H])(N)C(=O)OCCOCn1cnc2c(=O)[nH]c(N)nc21. The Hall–Kier alpha value is -2.46. The van der Waals surface area contributed by atoms with Crippen LogP contribution in [0.5, 0.6) is 0 Å². The molecular weight excluding hydrogens is 304 g/mol. The Labute approximate surface area is 143 Å². The summed E-state index contributed by atoms with van der Waals surface area (Å²) in [6.07, 6.45) is 1.26. The molecule has 0 fully saturated rings. The van der Waals surface area contributed by atoms with Crippen molar-refractivity contribution in [1.82, 2.24) is 19.5 Å². The van der Waals surface area contributed by atoms with Gasteiger partial charge in [0.1, 0.15) is 19.4 Å². The number of nitrogens with two attached hydrogens (primary N) is 2. The number of imidazole rings is 1. The first-order chi connectivity index (χ1) is 14.0. The number of nitrogens with one attached hydrogen (secondary N) is 1. The van der Waals surface area contributed by atoms with E-state index >= 15 is 0 Å². The summed E-state index contributed by atoms with van der Waals surface area (Å²) >= 11 is 0. The van der Waals surface area contributed by atoms with Crippen LogP contribution >= 0.6 is 0 Å². The molecule has 0 aliphatic heterocycles. The third-order valence-electron chi connectivity index (χ3n) is 2.67. The van der Waals surface area contributed by atoms with Crippen LogP contribution in [0.3, 0.4) is 0 Å². The zero-order valence-electron chi connectivity index (χ0n) is 19.8. The van der Waals surface area contributed by atoms with E-state index in [1.165, 1.54) is 10.9 Å². The van der Waals surface area contributed by atoms with Crippen LogP contribution in [0.1, 0.15) is 24.7 Å². The van der Waals surface area contributed by atoms with Gasteiger partial charge in [0, 0.05) is 9.60 Å². The second kappa shape index (κ2) is 7.20. The molecule has 0 spiro atoms. The normalized spacial score (nSPS) is 20.7. The summed E-state index contributed by atoms with van der Waals surface area (Å²) in [7, 11) is 0. The third-order valence-corrected chi connectivity index (χ3v) is 2.67. The molecule has 0 amide bonds. The van der Waals surface area contributed by atoms with Crippen molar-refractivity contribution in [2.75, 3.05) is 18.9 Å². The summed E-state index contributed by atoms with van der Waals surface area (Å²) in [5.74, 6) is -5.49. The standard InChI is InChI=1S/C13H20N6O4/c1-7(2)8(14)12(21)23-4-3-22-6-19-5-16-9-10(19)17-13(15)18-11(9)20/h5,7-8H,3-4,6,14H2,1-2H3,(H3,15,17,18,20)/t8-/m0/s1/i1D3,2D3,7D,8D. The number of rotatable bonds is 7. The summed E-state index contributed by atoms with van der Waals surface area (Å²) in [6, 6.07) is -3.42. The van der Waals surface area contributed by atoms with Crippen LogP contribution in [0, 0.1) is 5.89 Å². The second-order valence-electron chi connectivity index (χ2n) is 4.30. The molecule has 126 valence electrons. The highest BCUT2D eigenvalue weighted by Gasteiger charge is 2.18. The second-order valence-corrected chi connectivity index (χ2v) is 4.30. The van der Waals surface area contributed by atoms with Crippen molar-refractivity contribution < 1.29 is 25.2 Å². The Bertz CT molecular complexity index is 1000. The van der Waals surface area contributed by atoms with Crippen LogP contribution in [-0.2, 0) is 21.0 Å². The average Bonchev–Trinajstić information content (AvgIpc) is 3.01. The number of hydrogen-bond acceptors (Lipinski definition) is 8. The predicted molar refractivity (Wildman–Crippen MR) is 82.3 cm³/mol. The van der Waals surface area contributed by atoms with Gasteiger partial charge in [-0.25, -0.2) is 4.98 Å². The Morgan fingerprint density at radius 1 is 1.57 bits per heavy atom. The molecule has 0 saturated carbocycles. The topological polar surface area (TPSA) is 151 Å². The molecule has 0 bridgehead atoms. The Balaban J connectivity index is 2.00. The zero-order valence-corrected chi connectivity index (χ0v) is 11.8. The van der Waals surface area contributed by atoms with Crippen LogP contribution < -0.4 is 17.0 Å². The molecule has 5 N–H and O–H groups in total. The van der Waals surface area contributed by atoms with Gasteiger partial charge in [0.05, 0.1) is 14.3 Å².